The molecule has 0 saturated heterocycles. The molecule has 146 valence electrons. The van der Waals surface area contributed by atoms with Gasteiger partial charge in [0, 0.05) is 0 Å². The molecule has 2 rings (SSSR count). The van der Waals surface area contributed by atoms with Gasteiger partial charge in [-0.05, 0) is 25.6 Å². The first-order chi connectivity index (χ1) is 12.7. The molecule has 11 heteroatoms. The summed E-state index contributed by atoms with van der Waals surface area (Å²) in [6.45, 7) is 3.50. The van der Waals surface area contributed by atoms with Crippen LogP contribution in [0, 0.1) is 6.92 Å². The molecule has 0 aliphatic rings. The van der Waals surface area contributed by atoms with Crippen LogP contribution in [0.15, 0.2) is 24.3 Å². The molecule has 1 aromatic carbocycles. The van der Waals surface area contributed by atoms with Gasteiger partial charge in [-0.3, -0.25) is 19.8 Å². The second-order valence-electron chi connectivity index (χ2n) is 5.57. The topological polar surface area (TPSA) is 87.2 Å². The molecule has 0 radical (unpaired) electrons. The highest BCUT2D eigenvalue weighted by atomic mass is 32.1. The third-order valence-corrected chi connectivity index (χ3v) is 4.21. The average Bonchev–Trinajstić information content (AvgIpc) is 2.98. The van der Waals surface area contributed by atoms with E-state index in [1.54, 1.807) is 13.8 Å². The lowest BCUT2D eigenvalue weighted by Crippen LogP contribution is -2.38. The largest absolute Gasteiger partial charge is 0.418 e. The lowest BCUT2D eigenvalue weighted by atomic mass is 10.1. The van der Waals surface area contributed by atoms with Crippen molar-refractivity contribution in [1.82, 2.24) is 15.1 Å². The van der Waals surface area contributed by atoms with Crippen LogP contribution >= 0.6 is 11.3 Å². The Morgan fingerprint density at radius 1 is 1.11 bits per heavy atom. The molecule has 0 fully saturated rings. The molecule has 7 nitrogen and oxygen atoms in total. The summed E-state index contributed by atoms with van der Waals surface area (Å²) in [5.74, 6) is -1.04. The van der Waals surface area contributed by atoms with Crippen molar-refractivity contribution in [2.75, 3.05) is 30.3 Å². The Balaban J connectivity index is 1.94. The molecular weight excluding hydrogens is 383 g/mol. The van der Waals surface area contributed by atoms with Gasteiger partial charge in [-0.25, -0.2) is 0 Å². The quantitative estimate of drug-likeness (QED) is 0.745. The van der Waals surface area contributed by atoms with Crippen LogP contribution < -0.4 is 10.6 Å². The summed E-state index contributed by atoms with van der Waals surface area (Å²) in [6.07, 6.45) is -4.58. The maximum Gasteiger partial charge on any atom is 0.418 e. The number of aryl methyl sites for hydroxylation is 1. The van der Waals surface area contributed by atoms with E-state index in [9.17, 15) is 22.8 Å². The van der Waals surface area contributed by atoms with Crippen LogP contribution in [-0.4, -0.2) is 46.5 Å². The molecule has 2 aromatic rings. The van der Waals surface area contributed by atoms with Crippen molar-refractivity contribution in [3.8, 4) is 0 Å². The van der Waals surface area contributed by atoms with Crippen LogP contribution in [0.25, 0.3) is 0 Å². The van der Waals surface area contributed by atoms with Crippen LogP contribution in [0.1, 0.15) is 17.5 Å². The predicted molar refractivity (Wildman–Crippen MR) is 95.5 cm³/mol. The number of nitrogens with one attached hydrogen (secondary N) is 2. The molecule has 27 heavy (non-hydrogen) atoms. The number of hydrogen-bond acceptors (Lipinski definition) is 6. The highest BCUT2D eigenvalue weighted by Gasteiger charge is 2.33. The van der Waals surface area contributed by atoms with Crippen molar-refractivity contribution in [2.45, 2.75) is 20.0 Å². The van der Waals surface area contributed by atoms with Crippen LogP contribution in [0.3, 0.4) is 0 Å². The van der Waals surface area contributed by atoms with Crippen LogP contribution in [-0.2, 0) is 15.8 Å². The molecular formula is C16H18F3N5O2S. The van der Waals surface area contributed by atoms with Gasteiger partial charge in [-0.1, -0.05) is 30.4 Å². The van der Waals surface area contributed by atoms with Gasteiger partial charge < -0.3 is 5.32 Å². The molecule has 0 spiro atoms. The second kappa shape index (κ2) is 8.91. The van der Waals surface area contributed by atoms with Gasteiger partial charge in [0.1, 0.15) is 5.01 Å². The third kappa shape index (κ3) is 6.29. The zero-order valence-corrected chi connectivity index (χ0v) is 15.4. The maximum atomic E-state index is 13.0. The van der Waals surface area contributed by atoms with E-state index in [0.717, 1.165) is 6.07 Å². The molecule has 0 aliphatic carbocycles. The summed E-state index contributed by atoms with van der Waals surface area (Å²) in [6, 6.07) is 4.72. The van der Waals surface area contributed by atoms with E-state index >= 15 is 0 Å². The minimum Gasteiger partial charge on any atom is -0.324 e. The van der Waals surface area contributed by atoms with Gasteiger partial charge in [-0.15, -0.1) is 10.2 Å². The van der Waals surface area contributed by atoms with Gasteiger partial charge in [0.05, 0.1) is 24.3 Å². The predicted octanol–water partition coefficient (Wildman–Crippen LogP) is 2.76. The lowest BCUT2D eigenvalue weighted by Gasteiger charge is -2.20. The minimum atomic E-state index is -4.58. The smallest absolute Gasteiger partial charge is 0.324 e. The monoisotopic (exact) mass is 401 g/mol. The average molecular weight is 401 g/mol. The van der Waals surface area contributed by atoms with Crippen molar-refractivity contribution in [3.63, 3.8) is 0 Å². The van der Waals surface area contributed by atoms with Crippen molar-refractivity contribution in [2.24, 2.45) is 0 Å². The first-order valence-corrected chi connectivity index (χ1v) is 8.79. The second-order valence-corrected chi connectivity index (χ2v) is 6.75. The van der Waals surface area contributed by atoms with Gasteiger partial charge in [-0.2, -0.15) is 13.2 Å². The molecule has 0 saturated carbocycles. The number of anilines is 2. The zero-order valence-electron chi connectivity index (χ0n) is 14.6. The Labute approximate surface area is 157 Å². The van der Waals surface area contributed by atoms with Crippen molar-refractivity contribution < 1.29 is 22.8 Å². The summed E-state index contributed by atoms with van der Waals surface area (Å²) >= 11 is 1.21. The number of alkyl halides is 3. The molecule has 2 amide bonds. The van der Waals surface area contributed by atoms with Crippen molar-refractivity contribution in [1.29, 1.82) is 0 Å². The first-order valence-electron chi connectivity index (χ1n) is 7.97. The minimum absolute atomic E-state index is 0.108. The summed E-state index contributed by atoms with van der Waals surface area (Å²) in [7, 11) is 0. The lowest BCUT2D eigenvalue weighted by molar-refractivity contribution is -0.137. The van der Waals surface area contributed by atoms with E-state index in [2.05, 4.69) is 20.8 Å². The fourth-order valence-corrected chi connectivity index (χ4v) is 2.83. The number of aromatic nitrogens is 2. The van der Waals surface area contributed by atoms with E-state index in [1.807, 2.05) is 0 Å². The number of carbonyl (C=O) groups excluding carboxylic acids is 2. The van der Waals surface area contributed by atoms with Gasteiger partial charge in [0.25, 0.3) is 0 Å². The molecule has 2 N–H and O–H groups in total. The van der Waals surface area contributed by atoms with Crippen LogP contribution in [0.5, 0.6) is 0 Å². The Hall–Kier alpha value is -2.53. The van der Waals surface area contributed by atoms with E-state index in [0.29, 0.717) is 16.7 Å². The molecule has 0 bridgehead atoms. The Bertz CT molecular complexity index is 809. The van der Waals surface area contributed by atoms with Crippen molar-refractivity contribution >= 4 is 34.0 Å². The third-order valence-electron chi connectivity index (χ3n) is 3.46. The SMILES string of the molecule is CCN(CC(=O)Nc1nnc(C)s1)CC(=O)Nc1ccccc1C(F)(F)F. The Kier molecular flexibility index (Phi) is 6.86. The van der Waals surface area contributed by atoms with E-state index in [-0.39, 0.29) is 18.8 Å². The van der Waals surface area contributed by atoms with E-state index < -0.39 is 23.6 Å². The highest BCUT2D eigenvalue weighted by Crippen LogP contribution is 2.34. The number of halogens is 3. The Morgan fingerprint density at radius 3 is 2.30 bits per heavy atom. The standard InChI is InChI=1S/C16H18F3N5O2S/c1-3-24(9-14(26)21-15-23-22-10(2)27-15)8-13(25)20-12-7-5-4-6-11(12)16(17,18)19/h4-7H,3,8-9H2,1-2H3,(H,20,25)(H,21,23,26). The number of para-hydroxylation sites is 1. The molecule has 1 heterocycles. The van der Waals surface area contributed by atoms with E-state index in [4.69, 9.17) is 0 Å². The molecule has 0 atom stereocenters. The number of amides is 2. The summed E-state index contributed by atoms with van der Waals surface area (Å²) in [5, 5.41) is 13.4. The van der Waals surface area contributed by atoms with Gasteiger partial charge in [0.15, 0.2) is 0 Å². The highest BCUT2D eigenvalue weighted by molar-refractivity contribution is 7.15. The normalized spacial score (nSPS) is 11.5. The number of benzene rings is 1. The maximum absolute atomic E-state index is 13.0. The number of carbonyl (C=O) groups is 2. The first kappa shape index (κ1) is 20.8. The number of hydrogen-bond donors (Lipinski definition) is 2. The summed E-state index contributed by atoms with van der Waals surface area (Å²) < 4.78 is 39.0. The van der Waals surface area contributed by atoms with Crippen LogP contribution in [0.2, 0.25) is 0 Å². The van der Waals surface area contributed by atoms with E-state index in [1.165, 1.54) is 34.4 Å². The number of likely N-dealkylation sites (N-methyl/N-ethyl adjacent to an activating group) is 1. The zero-order chi connectivity index (χ0) is 20.0. The number of nitrogens with zero attached hydrogens (tertiary/aromatic N) is 3. The fourth-order valence-electron chi connectivity index (χ4n) is 2.22. The summed E-state index contributed by atoms with van der Waals surface area (Å²) in [4.78, 5) is 25.6. The van der Waals surface area contributed by atoms with Crippen LogP contribution in [0.4, 0.5) is 24.0 Å². The fraction of sp³-hybridized carbons (Fsp3) is 0.375. The number of rotatable bonds is 7. The molecule has 0 unspecified atom stereocenters. The Morgan fingerprint density at radius 2 is 1.74 bits per heavy atom. The van der Waals surface area contributed by atoms with Gasteiger partial charge >= 0.3 is 6.18 Å². The van der Waals surface area contributed by atoms with Crippen molar-refractivity contribution in [3.05, 3.63) is 34.8 Å². The summed E-state index contributed by atoms with van der Waals surface area (Å²) in [5.41, 5.74) is -1.24. The van der Waals surface area contributed by atoms with Gasteiger partial charge in [0.2, 0.25) is 16.9 Å². The molecule has 0 aliphatic heterocycles. The molecule has 1 aromatic heterocycles.